The average Bonchev–Trinajstić information content (AvgIpc) is 3.13. The first-order valence-corrected chi connectivity index (χ1v) is 4.75. The zero-order valence-electron chi connectivity index (χ0n) is 8.18. The summed E-state index contributed by atoms with van der Waals surface area (Å²) in [6.45, 7) is 0. The maximum atomic E-state index is 8.85. The van der Waals surface area contributed by atoms with E-state index in [9.17, 15) is 0 Å². The van der Waals surface area contributed by atoms with Gasteiger partial charge in [-0.25, -0.2) is 0 Å². The van der Waals surface area contributed by atoms with Gasteiger partial charge in [0.15, 0.2) is 23.0 Å². The van der Waals surface area contributed by atoms with Crippen LogP contribution in [0.2, 0.25) is 0 Å². The maximum absolute atomic E-state index is 8.85. The second kappa shape index (κ2) is 3.06. The van der Waals surface area contributed by atoms with Crippen LogP contribution in [0, 0.1) is 0 Å². The topological polar surface area (TPSA) is 65.5 Å². The van der Waals surface area contributed by atoms with E-state index in [0.717, 1.165) is 11.5 Å². The van der Waals surface area contributed by atoms with Crippen molar-refractivity contribution in [3.63, 3.8) is 0 Å². The summed E-state index contributed by atoms with van der Waals surface area (Å²) >= 11 is 0. The van der Waals surface area contributed by atoms with Crippen molar-refractivity contribution in [3.8, 4) is 34.5 Å². The molecular weight excluding hydrogens is 208 g/mol. The molecule has 0 saturated heterocycles. The van der Waals surface area contributed by atoms with Gasteiger partial charge >= 0.3 is 0 Å². The van der Waals surface area contributed by atoms with Crippen LogP contribution in [0.25, 0.3) is 0 Å². The van der Waals surface area contributed by atoms with Crippen LogP contribution in [0.1, 0.15) is 0 Å². The quantitative estimate of drug-likeness (QED) is 0.443. The molecule has 2 aromatic carbocycles. The Morgan fingerprint density at radius 3 is 1.44 bits per heavy atom. The third-order valence-corrected chi connectivity index (χ3v) is 2.26. The second-order valence-corrected chi connectivity index (χ2v) is 3.41. The minimum atomic E-state index is 0.238. The van der Waals surface area contributed by atoms with E-state index in [1.54, 1.807) is 24.3 Å². The molecule has 2 N–H and O–H groups in total. The molecule has 16 heavy (non-hydrogen) atoms. The van der Waals surface area contributed by atoms with Crippen LogP contribution in [-0.2, 0) is 0 Å². The van der Waals surface area contributed by atoms with Crippen LogP contribution < -0.4 is 9.47 Å². The molecule has 80 valence electrons. The van der Waals surface area contributed by atoms with Gasteiger partial charge in [0, 0.05) is 0 Å². The zero-order valence-corrected chi connectivity index (χ0v) is 8.18. The van der Waals surface area contributed by atoms with E-state index >= 15 is 0 Å². The van der Waals surface area contributed by atoms with Crippen molar-refractivity contribution in [3.05, 3.63) is 36.4 Å². The fourth-order valence-corrected chi connectivity index (χ4v) is 1.35. The van der Waals surface area contributed by atoms with Crippen molar-refractivity contribution in [2.45, 2.75) is 0 Å². The lowest BCUT2D eigenvalue weighted by atomic mass is 10.3. The van der Waals surface area contributed by atoms with Crippen molar-refractivity contribution in [2.24, 2.45) is 0 Å². The number of hydrogen-bond donors (Lipinski definition) is 2. The van der Waals surface area contributed by atoms with Gasteiger partial charge in [-0.1, -0.05) is 12.1 Å². The summed E-state index contributed by atoms with van der Waals surface area (Å²) in [6.07, 6.45) is 0. The number of phenolic OH excluding ortho intramolecular Hbond substituents is 2. The molecule has 0 fully saturated rings. The highest BCUT2D eigenvalue weighted by Crippen LogP contribution is 2.51. The number of hydrogen-bond acceptors (Lipinski definition) is 4. The lowest BCUT2D eigenvalue weighted by Gasteiger charge is -1.77. The Kier molecular flexibility index (Phi) is 1.71. The van der Waals surface area contributed by atoms with Crippen molar-refractivity contribution >= 4 is 0 Å². The van der Waals surface area contributed by atoms with E-state index in [1.807, 2.05) is 12.1 Å². The molecule has 4 nitrogen and oxygen atoms in total. The van der Waals surface area contributed by atoms with Gasteiger partial charge in [-0.05, 0) is 24.3 Å². The number of benzene rings is 2. The molecule has 0 saturated carbocycles. The maximum Gasteiger partial charge on any atom is 0.211 e. The lowest BCUT2D eigenvalue weighted by molar-refractivity contribution is 0.463. The van der Waals surface area contributed by atoms with Crippen molar-refractivity contribution in [1.29, 1.82) is 0 Å². The molecule has 0 bridgehead atoms. The fraction of sp³-hybridized carbons (Fsp3) is 0. The van der Waals surface area contributed by atoms with Crippen LogP contribution >= 0.6 is 0 Å². The van der Waals surface area contributed by atoms with E-state index in [-0.39, 0.29) is 11.5 Å². The van der Waals surface area contributed by atoms with Gasteiger partial charge in [-0.15, -0.1) is 0 Å². The van der Waals surface area contributed by atoms with E-state index in [4.69, 9.17) is 19.7 Å². The number of phenols is 2. The van der Waals surface area contributed by atoms with Crippen molar-refractivity contribution in [2.75, 3.05) is 0 Å². The number of rotatable bonds is 0. The van der Waals surface area contributed by atoms with Gasteiger partial charge in [0.05, 0.1) is 0 Å². The first-order chi connectivity index (χ1) is 7.75. The summed E-state index contributed by atoms with van der Waals surface area (Å²) in [7, 11) is 0. The van der Waals surface area contributed by atoms with Crippen LogP contribution in [0.4, 0.5) is 0 Å². The number of fused-ring (bicyclic) bond motifs is 2. The largest absolute Gasteiger partial charge is 0.504 e. The Hall–Kier alpha value is -2.36. The Bertz CT molecular complexity index is 511. The molecule has 0 atom stereocenters. The molecule has 0 aromatic heterocycles. The highest BCUT2D eigenvalue weighted by Gasteiger charge is 2.23. The first kappa shape index (κ1) is 8.91. The minimum absolute atomic E-state index is 0.238. The van der Waals surface area contributed by atoms with E-state index in [1.165, 1.54) is 0 Å². The van der Waals surface area contributed by atoms with Gasteiger partial charge < -0.3 is 19.7 Å². The Morgan fingerprint density at radius 2 is 1.12 bits per heavy atom. The molecule has 0 unspecified atom stereocenters. The highest BCUT2D eigenvalue weighted by molar-refractivity contribution is 5.62. The molecule has 2 aliphatic rings. The lowest BCUT2D eigenvalue weighted by Crippen LogP contribution is -1.50. The second-order valence-electron chi connectivity index (χ2n) is 3.41. The molecule has 2 aromatic rings. The van der Waals surface area contributed by atoms with Gasteiger partial charge in [0.25, 0.3) is 0 Å². The Labute approximate surface area is 91.3 Å². The number of para-hydroxylation sites is 2. The van der Waals surface area contributed by atoms with Crippen molar-refractivity contribution < 1.29 is 19.7 Å². The Morgan fingerprint density at radius 1 is 0.688 bits per heavy atom. The van der Waals surface area contributed by atoms with Crippen molar-refractivity contribution in [1.82, 2.24) is 0 Å². The molecule has 2 heterocycles. The number of ether oxygens (including phenoxy) is 2. The van der Waals surface area contributed by atoms with Crippen LogP contribution in [0.15, 0.2) is 36.4 Å². The molecule has 2 aliphatic heterocycles. The molecule has 0 aliphatic carbocycles. The zero-order chi connectivity index (χ0) is 11.1. The SMILES string of the molecule is Oc1cccc2c1O2.Oc1cccc2c1O2. The average molecular weight is 216 g/mol. The molecular formula is C12H8O4. The molecule has 0 amide bonds. The Balaban J connectivity index is 0.000000101. The summed E-state index contributed by atoms with van der Waals surface area (Å²) in [6, 6.07) is 10.3. The van der Waals surface area contributed by atoms with E-state index in [0.29, 0.717) is 11.5 Å². The van der Waals surface area contributed by atoms with Crippen LogP contribution in [-0.4, -0.2) is 10.2 Å². The van der Waals surface area contributed by atoms with Crippen LogP contribution in [0.3, 0.4) is 0 Å². The molecule has 0 spiro atoms. The smallest absolute Gasteiger partial charge is 0.211 e. The van der Waals surface area contributed by atoms with E-state index in [2.05, 4.69) is 0 Å². The van der Waals surface area contributed by atoms with Gasteiger partial charge in [-0.2, -0.15) is 0 Å². The summed E-state index contributed by atoms with van der Waals surface area (Å²) in [4.78, 5) is 0. The fourth-order valence-electron chi connectivity index (χ4n) is 1.35. The van der Waals surface area contributed by atoms with Gasteiger partial charge in [-0.3, -0.25) is 0 Å². The number of aromatic hydroxyl groups is 2. The summed E-state index contributed by atoms with van der Waals surface area (Å²) in [5.41, 5.74) is 0. The first-order valence-electron chi connectivity index (χ1n) is 4.75. The predicted molar refractivity (Wildman–Crippen MR) is 56.4 cm³/mol. The molecule has 4 heteroatoms. The summed E-state index contributed by atoms with van der Waals surface area (Å²) < 4.78 is 9.64. The normalized spacial score (nSPS) is 12.0. The molecule has 4 rings (SSSR count). The molecule has 0 radical (unpaired) electrons. The third-order valence-electron chi connectivity index (χ3n) is 2.26. The third kappa shape index (κ3) is 1.50. The van der Waals surface area contributed by atoms with Gasteiger partial charge in [0.1, 0.15) is 0 Å². The van der Waals surface area contributed by atoms with E-state index < -0.39 is 0 Å². The van der Waals surface area contributed by atoms with Gasteiger partial charge in [0.2, 0.25) is 11.5 Å². The minimum Gasteiger partial charge on any atom is -0.504 e. The monoisotopic (exact) mass is 216 g/mol. The summed E-state index contributed by atoms with van der Waals surface area (Å²) in [5, 5.41) is 17.7. The predicted octanol–water partition coefficient (Wildman–Crippen LogP) is 3.00. The highest BCUT2D eigenvalue weighted by atomic mass is 16.6. The van der Waals surface area contributed by atoms with Crippen LogP contribution in [0.5, 0.6) is 34.5 Å². The standard InChI is InChI=1S/2C6H4O2/c2*7-4-2-1-3-5-6(4)8-5/h2*1-3,7H. The summed E-state index contributed by atoms with van der Waals surface area (Å²) in [5.74, 6) is 3.33.